The molecule has 1 saturated carbocycles. The lowest BCUT2D eigenvalue weighted by Gasteiger charge is -2.32. The fraction of sp³-hybridized carbons (Fsp3) is 0.394. The number of hydrogen-bond acceptors (Lipinski definition) is 8. The summed E-state index contributed by atoms with van der Waals surface area (Å²) >= 11 is 0. The molecule has 10 nitrogen and oxygen atoms in total. The Balaban J connectivity index is 1.05. The van der Waals surface area contributed by atoms with Gasteiger partial charge in [0.2, 0.25) is 5.88 Å². The van der Waals surface area contributed by atoms with Crippen molar-refractivity contribution in [3.05, 3.63) is 82.6 Å². The van der Waals surface area contributed by atoms with Crippen LogP contribution in [0.2, 0.25) is 0 Å². The highest BCUT2D eigenvalue weighted by molar-refractivity contribution is 5.92. The van der Waals surface area contributed by atoms with E-state index in [1.54, 1.807) is 19.2 Å². The van der Waals surface area contributed by atoms with Crippen molar-refractivity contribution in [3.8, 4) is 17.7 Å². The first-order chi connectivity index (χ1) is 21.4. The number of hydrogen-bond donors (Lipinski definition) is 1. The molecule has 226 valence electrons. The Morgan fingerprint density at radius 3 is 2.84 bits per heavy atom. The zero-order chi connectivity index (χ0) is 30.4. The van der Waals surface area contributed by atoms with E-state index in [4.69, 9.17) is 24.5 Å². The quantitative estimate of drug-likeness (QED) is 0.278. The van der Waals surface area contributed by atoms with Gasteiger partial charge in [-0.15, -0.1) is 0 Å². The number of benzene rings is 2. The molecule has 0 bridgehead atoms. The average molecular weight is 598 g/mol. The number of ether oxygens (including phenoxy) is 3. The molecule has 11 heteroatoms. The van der Waals surface area contributed by atoms with Crippen LogP contribution >= 0.6 is 0 Å². The monoisotopic (exact) mass is 597 g/mol. The van der Waals surface area contributed by atoms with E-state index < -0.39 is 11.8 Å². The summed E-state index contributed by atoms with van der Waals surface area (Å²) in [6, 6.07) is 15.9. The molecule has 4 aromatic rings. The molecule has 7 rings (SSSR count). The third-order valence-corrected chi connectivity index (χ3v) is 9.29. The normalized spacial score (nSPS) is 22.6. The molecule has 3 aliphatic rings. The second kappa shape index (κ2) is 11.2. The van der Waals surface area contributed by atoms with Gasteiger partial charge in [0.15, 0.2) is 5.82 Å². The maximum atomic E-state index is 15.0. The summed E-state index contributed by atoms with van der Waals surface area (Å²) in [5, 5.41) is 18.7. The largest absolute Gasteiger partial charge is 0.496 e. The number of carboxylic acid groups (broad SMARTS) is 1. The lowest BCUT2D eigenvalue weighted by atomic mass is 9.91. The molecule has 1 N–H and O–H groups in total. The molecular weight excluding hydrogens is 565 g/mol. The van der Waals surface area contributed by atoms with Crippen molar-refractivity contribution >= 4 is 17.0 Å². The predicted octanol–water partition coefficient (Wildman–Crippen LogP) is 4.68. The number of rotatable bonds is 10. The van der Waals surface area contributed by atoms with Crippen LogP contribution in [0.3, 0.4) is 0 Å². The molecule has 2 aromatic carbocycles. The standard InChI is InChI=1S/C33H32FN5O5/c1-42-27-11-20(15-35)5-6-21(27)19-44-30-4-2-3-28(36-30)33-8-9-38(16-23(33)14-33)18-29-37-31-25(34)12-22(32(40)41)13-26(31)39(29)17-24-7-10-43-24/h2-6,11-13,23-24H,7-10,14,16-19H2,1H3,(H,40,41). The van der Waals surface area contributed by atoms with Gasteiger partial charge in [-0.05, 0) is 62.1 Å². The molecular formula is C33H32FN5O5. The summed E-state index contributed by atoms with van der Waals surface area (Å²) in [6.45, 7) is 3.72. The third-order valence-electron chi connectivity index (χ3n) is 9.29. The Labute approximate surface area is 253 Å². The summed E-state index contributed by atoms with van der Waals surface area (Å²) in [7, 11) is 1.57. The Morgan fingerprint density at radius 2 is 2.11 bits per heavy atom. The number of carbonyl (C=O) groups is 1. The molecule has 0 amide bonds. The number of nitriles is 1. The van der Waals surface area contributed by atoms with E-state index in [1.807, 2.05) is 22.8 Å². The van der Waals surface area contributed by atoms with Gasteiger partial charge in [-0.1, -0.05) is 12.1 Å². The SMILES string of the molecule is COc1cc(C#N)ccc1COc1cccc(C23CCN(Cc4nc5c(F)cc(C(=O)O)cc5n4CC4CCO4)CC2C3)n1. The zero-order valence-corrected chi connectivity index (χ0v) is 24.3. The number of aromatic nitrogens is 3. The number of likely N-dealkylation sites (tertiary alicyclic amines) is 1. The molecule has 3 atom stereocenters. The van der Waals surface area contributed by atoms with Gasteiger partial charge in [-0.25, -0.2) is 19.2 Å². The van der Waals surface area contributed by atoms with E-state index in [9.17, 15) is 14.3 Å². The minimum atomic E-state index is -1.17. The van der Waals surface area contributed by atoms with E-state index in [0.717, 1.165) is 55.5 Å². The molecule has 0 radical (unpaired) electrons. The number of piperidine rings is 1. The van der Waals surface area contributed by atoms with Crippen molar-refractivity contribution in [2.45, 2.75) is 50.5 Å². The summed E-state index contributed by atoms with van der Waals surface area (Å²) in [6.07, 6.45) is 2.89. The number of halogens is 1. The predicted molar refractivity (Wildman–Crippen MR) is 157 cm³/mol. The summed E-state index contributed by atoms with van der Waals surface area (Å²) < 4.78 is 34.0. The fourth-order valence-corrected chi connectivity index (χ4v) is 6.64. The summed E-state index contributed by atoms with van der Waals surface area (Å²) in [5.74, 6) is 0.508. The van der Waals surface area contributed by atoms with Gasteiger partial charge >= 0.3 is 5.97 Å². The van der Waals surface area contributed by atoms with E-state index in [0.29, 0.717) is 48.3 Å². The Morgan fingerprint density at radius 1 is 1.25 bits per heavy atom. The van der Waals surface area contributed by atoms with Crippen LogP contribution in [0.5, 0.6) is 11.6 Å². The van der Waals surface area contributed by atoms with E-state index in [2.05, 4.69) is 22.0 Å². The van der Waals surface area contributed by atoms with Gasteiger partial charge in [0.1, 0.15) is 23.7 Å². The third kappa shape index (κ3) is 5.14. The average Bonchev–Trinajstić information content (AvgIpc) is 3.65. The first-order valence-electron chi connectivity index (χ1n) is 14.8. The second-order valence-corrected chi connectivity index (χ2v) is 11.9. The van der Waals surface area contributed by atoms with E-state index in [1.165, 1.54) is 6.07 Å². The first-order valence-corrected chi connectivity index (χ1v) is 14.8. The highest BCUT2D eigenvalue weighted by Gasteiger charge is 2.58. The van der Waals surface area contributed by atoms with Crippen LogP contribution in [0.4, 0.5) is 4.39 Å². The van der Waals surface area contributed by atoms with Crippen LogP contribution in [0.25, 0.3) is 11.0 Å². The number of imidazole rings is 1. The number of pyridine rings is 1. The van der Waals surface area contributed by atoms with Gasteiger partial charge in [-0.3, -0.25) is 4.90 Å². The minimum Gasteiger partial charge on any atom is -0.496 e. The molecule has 3 fully saturated rings. The number of carboxylic acids is 1. The van der Waals surface area contributed by atoms with Crippen LogP contribution in [0, 0.1) is 23.1 Å². The lowest BCUT2D eigenvalue weighted by Crippen LogP contribution is -2.37. The number of methoxy groups -OCH3 is 1. The smallest absolute Gasteiger partial charge is 0.335 e. The van der Waals surface area contributed by atoms with E-state index in [-0.39, 0.29) is 29.2 Å². The van der Waals surface area contributed by atoms with Crippen molar-refractivity contribution in [2.24, 2.45) is 5.92 Å². The summed E-state index contributed by atoms with van der Waals surface area (Å²) in [5.41, 5.74) is 3.00. The lowest BCUT2D eigenvalue weighted by molar-refractivity contribution is -0.0592. The molecule has 1 aliphatic carbocycles. The fourth-order valence-electron chi connectivity index (χ4n) is 6.64. The Bertz CT molecular complexity index is 1800. The minimum absolute atomic E-state index is 0.00437. The van der Waals surface area contributed by atoms with Crippen molar-refractivity contribution in [2.75, 3.05) is 26.8 Å². The van der Waals surface area contributed by atoms with Crippen LogP contribution in [0.15, 0.2) is 48.5 Å². The molecule has 4 heterocycles. The van der Waals surface area contributed by atoms with Crippen LogP contribution in [0.1, 0.15) is 52.3 Å². The molecule has 2 aromatic heterocycles. The number of aromatic carboxylic acids is 1. The highest BCUT2D eigenvalue weighted by atomic mass is 19.1. The van der Waals surface area contributed by atoms with Crippen molar-refractivity contribution in [1.29, 1.82) is 5.26 Å². The molecule has 2 saturated heterocycles. The second-order valence-electron chi connectivity index (χ2n) is 11.9. The highest BCUT2D eigenvalue weighted by Crippen LogP contribution is 2.59. The van der Waals surface area contributed by atoms with Gasteiger partial charge in [0, 0.05) is 30.2 Å². The maximum absolute atomic E-state index is 15.0. The van der Waals surface area contributed by atoms with Crippen molar-refractivity contribution in [1.82, 2.24) is 19.4 Å². The molecule has 44 heavy (non-hydrogen) atoms. The molecule has 2 aliphatic heterocycles. The van der Waals surface area contributed by atoms with E-state index >= 15 is 0 Å². The van der Waals surface area contributed by atoms with Gasteiger partial charge in [-0.2, -0.15) is 5.26 Å². The molecule has 3 unspecified atom stereocenters. The van der Waals surface area contributed by atoms with Gasteiger partial charge in [0.25, 0.3) is 0 Å². The Hall–Kier alpha value is -4.53. The first kappa shape index (κ1) is 28.3. The van der Waals surface area contributed by atoms with Gasteiger partial charge < -0.3 is 23.9 Å². The van der Waals surface area contributed by atoms with Crippen LogP contribution in [-0.4, -0.2) is 63.4 Å². The maximum Gasteiger partial charge on any atom is 0.335 e. The van der Waals surface area contributed by atoms with Gasteiger partial charge in [0.05, 0.1) is 54.7 Å². The van der Waals surface area contributed by atoms with Crippen LogP contribution < -0.4 is 9.47 Å². The Kier molecular flexibility index (Phi) is 7.19. The topological polar surface area (TPSA) is 123 Å². The number of fused-ring (bicyclic) bond motifs is 2. The zero-order valence-electron chi connectivity index (χ0n) is 24.3. The molecule has 0 spiro atoms. The number of nitrogens with zero attached hydrogens (tertiary/aromatic N) is 5. The summed E-state index contributed by atoms with van der Waals surface area (Å²) in [4.78, 5) is 23.5. The van der Waals surface area contributed by atoms with Crippen LogP contribution in [-0.2, 0) is 29.8 Å². The van der Waals surface area contributed by atoms with Crippen molar-refractivity contribution < 1.29 is 28.5 Å². The van der Waals surface area contributed by atoms with Crippen molar-refractivity contribution in [3.63, 3.8) is 0 Å².